The van der Waals surface area contributed by atoms with E-state index in [1.807, 2.05) is 13.8 Å². The van der Waals surface area contributed by atoms with Crippen LogP contribution in [0.5, 0.6) is 0 Å². The first-order valence-electron chi connectivity index (χ1n) is 4.39. The third-order valence-electron chi connectivity index (χ3n) is 1.42. The van der Waals surface area contributed by atoms with Gasteiger partial charge in [-0.05, 0) is 12.8 Å². The quantitative estimate of drug-likeness (QED) is 0.408. The highest BCUT2D eigenvalue weighted by Crippen LogP contribution is 2.10. The topological polar surface area (TPSA) is 24.4 Å². The van der Waals surface area contributed by atoms with Gasteiger partial charge in [-0.1, -0.05) is 26.7 Å². The minimum atomic E-state index is -4.41. The standard InChI is InChI=1S/C8H15F3N2/c1-3-5-7(6-4-2)12-13-8(9,10)11/h13H,3-6H2,1-2H3. The molecule has 0 amide bonds. The molecule has 0 aliphatic heterocycles. The fourth-order valence-electron chi connectivity index (χ4n) is 0.956. The molecule has 0 saturated heterocycles. The summed E-state index contributed by atoms with van der Waals surface area (Å²) in [5.74, 6) is 0. The molecule has 0 aromatic rings. The number of hydrogen-bond donors (Lipinski definition) is 1. The lowest BCUT2D eigenvalue weighted by Crippen LogP contribution is -2.27. The maximum Gasteiger partial charge on any atom is 0.497 e. The molecule has 0 aliphatic carbocycles. The summed E-state index contributed by atoms with van der Waals surface area (Å²) in [6.07, 6.45) is -1.53. The molecule has 0 fully saturated rings. The molecule has 1 N–H and O–H groups in total. The molecule has 0 spiro atoms. The largest absolute Gasteiger partial charge is 0.497 e. The average molecular weight is 196 g/mol. The molecular formula is C8H15F3N2. The number of nitrogens with one attached hydrogen (secondary N) is 1. The van der Waals surface area contributed by atoms with Crippen LogP contribution >= 0.6 is 0 Å². The summed E-state index contributed by atoms with van der Waals surface area (Å²) in [5, 5.41) is 3.32. The van der Waals surface area contributed by atoms with E-state index in [4.69, 9.17) is 0 Å². The molecule has 0 unspecified atom stereocenters. The van der Waals surface area contributed by atoms with E-state index < -0.39 is 6.30 Å². The van der Waals surface area contributed by atoms with Crippen molar-refractivity contribution in [2.24, 2.45) is 5.10 Å². The van der Waals surface area contributed by atoms with Crippen molar-refractivity contribution in [2.75, 3.05) is 0 Å². The van der Waals surface area contributed by atoms with Crippen molar-refractivity contribution in [1.29, 1.82) is 0 Å². The van der Waals surface area contributed by atoms with Crippen molar-refractivity contribution in [2.45, 2.75) is 45.8 Å². The molecule has 13 heavy (non-hydrogen) atoms. The van der Waals surface area contributed by atoms with Gasteiger partial charge >= 0.3 is 6.30 Å². The predicted molar refractivity (Wildman–Crippen MR) is 46.4 cm³/mol. The molecule has 0 aromatic carbocycles. The second kappa shape index (κ2) is 5.83. The first-order chi connectivity index (χ1) is 5.99. The van der Waals surface area contributed by atoms with Crippen molar-refractivity contribution in [3.05, 3.63) is 0 Å². The Balaban J connectivity index is 4.02. The molecule has 0 aromatic heterocycles. The van der Waals surface area contributed by atoms with Crippen molar-refractivity contribution < 1.29 is 13.2 Å². The van der Waals surface area contributed by atoms with Crippen LogP contribution in [0.1, 0.15) is 39.5 Å². The number of rotatable bonds is 5. The number of hydrazone groups is 1. The van der Waals surface area contributed by atoms with Crippen LogP contribution in [0, 0.1) is 0 Å². The average Bonchev–Trinajstić information content (AvgIpc) is 2.00. The molecule has 0 radical (unpaired) electrons. The molecule has 78 valence electrons. The number of alkyl halides is 3. The van der Waals surface area contributed by atoms with E-state index in [1.54, 1.807) is 0 Å². The molecule has 0 rings (SSSR count). The van der Waals surface area contributed by atoms with Crippen LogP contribution in [-0.4, -0.2) is 12.0 Å². The van der Waals surface area contributed by atoms with Crippen LogP contribution < -0.4 is 5.43 Å². The van der Waals surface area contributed by atoms with Gasteiger partial charge in [-0.25, -0.2) is 5.43 Å². The number of nitrogens with zero attached hydrogens (tertiary/aromatic N) is 1. The van der Waals surface area contributed by atoms with Crippen molar-refractivity contribution in [1.82, 2.24) is 5.43 Å². The third kappa shape index (κ3) is 7.62. The number of halogens is 3. The Morgan fingerprint density at radius 1 is 1.15 bits per heavy atom. The highest BCUT2D eigenvalue weighted by Gasteiger charge is 2.26. The summed E-state index contributed by atoms with van der Waals surface area (Å²) >= 11 is 0. The van der Waals surface area contributed by atoms with Gasteiger partial charge in [0.25, 0.3) is 0 Å². The van der Waals surface area contributed by atoms with Gasteiger partial charge in [0.05, 0.1) is 0 Å². The van der Waals surface area contributed by atoms with Crippen LogP contribution in [0.4, 0.5) is 13.2 Å². The Morgan fingerprint density at radius 3 is 1.92 bits per heavy atom. The highest BCUT2D eigenvalue weighted by molar-refractivity contribution is 5.84. The van der Waals surface area contributed by atoms with Gasteiger partial charge in [0.2, 0.25) is 0 Å². The zero-order valence-corrected chi connectivity index (χ0v) is 7.91. The SMILES string of the molecule is CCCC(CCC)=NNC(F)(F)F. The van der Waals surface area contributed by atoms with Crippen molar-refractivity contribution in [3.8, 4) is 0 Å². The minimum absolute atomic E-state index is 0.585. The Morgan fingerprint density at radius 2 is 1.62 bits per heavy atom. The molecule has 0 atom stereocenters. The third-order valence-corrected chi connectivity index (χ3v) is 1.42. The highest BCUT2D eigenvalue weighted by atomic mass is 19.4. The minimum Gasteiger partial charge on any atom is -0.218 e. The predicted octanol–water partition coefficient (Wildman–Crippen LogP) is 3.05. The lowest BCUT2D eigenvalue weighted by molar-refractivity contribution is -0.156. The monoisotopic (exact) mass is 196 g/mol. The zero-order chi connectivity index (χ0) is 10.3. The van der Waals surface area contributed by atoms with E-state index in [0.29, 0.717) is 18.6 Å². The molecular weight excluding hydrogens is 181 g/mol. The Labute approximate surface area is 76.2 Å². The Bertz CT molecular complexity index is 155. The van der Waals surface area contributed by atoms with Gasteiger partial charge in [-0.15, -0.1) is 13.2 Å². The van der Waals surface area contributed by atoms with E-state index >= 15 is 0 Å². The van der Waals surface area contributed by atoms with Crippen LogP contribution in [0.15, 0.2) is 5.10 Å². The summed E-state index contributed by atoms with van der Waals surface area (Å²) in [6, 6.07) is 0. The van der Waals surface area contributed by atoms with Gasteiger partial charge in [-0.2, -0.15) is 5.10 Å². The first-order valence-corrected chi connectivity index (χ1v) is 4.39. The summed E-state index contributed by atoms with van der Waals surface area (Å²) < 4.78 is 35.0. The second-order valence-electron chi connectivity index (χ2n) is 2.79. The first kappa shape index (κ1) is 12.3. The van der Waals surface area contributed by atoms with E-state index in [0.717, 1.165) is 12.8 Å². The maximum atomic E-state index is 11.7. The molecule has 2 nitrogen and oxygen atoms in total. The lowest BCUT2D eigenvalue weighted by atomic mass is 10.1. The molecule has 5 heteroatoms. The Hall–Kier alpha value is -0.740. The van der Waals surface area contributed by atoms with E-state index in [2.05, 4.69) is 5.10 Å². The molecule has 0 bridgehead atoms. The smallest absolute Gasteiger partial charge is 0.218 e. The fraction of sp³-hybridized carbons (Fsp3) is 0.875. The Kier molecular flexibility index (Phi) is 5.50. The van der Waals surface area contributed by atoms with Gasteiger partial charge in [0.1, 0.15) is 0 Å². The summed E-state index contributed by atoms with van der Waals surface area (Å²) in [7, 11) is 0. The van der Waals surface area contributed by atoms with E-state index in [-0.39, 0.29) is 0 Å². The number of hydrogen-bond acceptors (Lipinski definition) is 2. The lowest BCUT2D eigenvalue weighted by Gasteiger charge is -2.07. The zero-order valence-electron chi connectivity index (χ0n) is 7.91. The summed E-state index contributed by atoms with van der Waals surface area (Å²) in [5.41, 5.74) is 1.77. The molecule has 0 aliphatic rings. The van der Waals surface area contributed by atoms with Crippen molar-refractivity contribution in [3.63, 3.8) is 0 Å². The maximum absolute atomic E-state index is 11.7. The van der Waals surface area contributed by atoms with Gasteiger partial charge < -0.3 is 0 Å². The normalized spacial score (nSPS) is 11.2. The van der Waals surface area contributed by atoms with Crippen LogP contribution in [0.2, 0.25) is 0 Å². The molecule has 0 heterocycles. The van der Waals surface area contributed by atoms with Crippen molar-refractivity contribution >= 4 is 5.71 Å². The summed E-state index contributed by atoms with van der Waals surface area (Å²) in [4.78, 5) is 0. The van der Waals surface area contributed by atoms with Crippen LogP contribution in [0.25, 0.3) is 0 Å². The van der Waals surface area contributed by atoms with Crippen LogP contribution in [-0.2, 0) is 0 Å². The molecule has 0 saturated carbocycles. The summed E-state index contributed by atoms with van der Waals surface area (Å²) in [6.45, 7) is 3.83. The van der Waals surface area contributed by atoms with E-state index in [9.17, 15) is 13.2 Å². The second-order valence-corrected chi connectivity index (χ2v) is 2.79. The van der Waals surface area contributed by atoms with Gasteiger partial charge in [0.15, 0.2) is 0 Å². The van der Waals surface area contributed by atoms with E-state index in [1.165, 1.54) is 5.43 Å². The van der Waals surface area contributed by atoms with Gasteiger partial charge in [-0.3, -0.25) is 0 Å². The van der Waals surface area contributed by atoms with Gasteiger partial charge in [0, 0.05) is 5.71 Å². The fourth-order valence-corrected chi connectivity index (χ4v) is 0.956. The van der Waals surface area contributed by atoms with Crippen LogP contribution in [0.3, 0.4) is 0 Å².